The van der Waals surface area contributed by atoms with E-state index in [1.54, 1.807) is 32.9 Å². The number of carboxylic acids is 1. The van der Waals surface area contributed by atoms with Crippen LogP contribution in [0.3, 0.4) is 0 Å². The van der Waals surface area contributed by atoms with Crippen LogP contribution in [0.5, 0.6) is 0 Å². The summed E-state index contributed by atoms with van der Waals surface area (Å²) in [5.74, 6) is -3.60. The minimum atomic E-state index is -1.57. The fourth-order valence-electron chi connectivity index (χ4n) is 1.67. The van der Waals surface area contributed by atoms with Crippen molar-refractivity contribution in [2.24, 2.45) is 0 Å². The zero-order chi connectivity index (χ0) is 16.2. The average Bonchev–Trinajstić information content (AvgIpc) is 2.36. The molecule has 0 aliphatic rings. The Morgan fingerprint density at radius 3 is 2.14 bits per heavy atom. The molecular formula is C15H18FNO4. The van der Waals surface area contributed by atoms with Crippen molar-refractivity contribution in [2.75, 3.05) is 0 Å². The first-order valence-electron chi connectivity index (χ1n) is 6.31. The molecule has 0 fully saturated rings. The third kappa shape index (κ3) is 4.91. The normalized spacial score (nSPS) is 12.1. The summed E-state index contributed by atoms with van der Waals surface area (Å²) < 4.78 is 12.9. The van der Waals surface area contributed by atoms with Crippen molar-refractivity contribution in [1.82, 2.24) is 4.90 Å². The number of aliphatic hydroxyl groups excluding tert-OH is 1. The SMILES string of the molecule is CC(C)(C)N(Cc1ccc(F)cc1)C(=O)/C=C(\O)C(=O)O. The van der Waals surface area contributed by atoms with Gasteiger partial charge in [0, 0.05) is 12.1 Å². The highest BCUT2D eigenvalue weighted by atomic mass is 19.1. The highest BCUT2D eigenvalue weighted by Gasteiger charge is 2.26. The molecule has 5 nitrogen and oxygen atoms in total. The Morgan fingerprint density at radius 1 is 1.19 bits per heavy atom. The molecule has 2 N–H and O–H groups in total. The molecule has 0 spiro atoms. The number of aliphatic carboxylic acids is 1. The maximum atomic E-state index is 12.9. The van der Waals surface area contributed by atoms with Crippen molar-refractivity contribution in [1.29, 1.82) is 0 Å². The number of halogens is 1. The smallest absolute Gasteiger partial charge is 0.371 e. The third-order valence-corrected chi connectivity index (χ3v) is 2.81. The summed E-state index contributed by atoms with van der Waals surface area (Å²) in [5.41, 5.74) is 0.101. The van der Waals surface area contributed by atoms with Gasteiger partial charge in [0.15, 0.2) is 0 Å². The van der Waals surface area contributed by atoms with Gasteiger partial charge in [0.25, 0.3) is 5.91 Å². The van der Waals surface area contributed by atoms with Gasteiger partial charge in [0.05, 0.1) is 6.08 Å². The minimum Gasteiger partial charge on any atom is -0.502 e. The molecule has 1 rings (SSSR count). The van der Waals surface area contributed by atoms with Crippen LogP contribution >= 0.6 is 0 Å². The van der Waals surface area contributed by atoms with Crippen LogP contribution in [-0.2, 0) is 16.1 Å². The first-order valence-corrected chi connectivity index (χ1v) is 6.31. The summed E-state index contributed by atoms with van der Waals surface area (Å²) in [5, 5.41) is 17.8. The van der Waals surface area contributed by atoms with Gasteiger partial charge in [0.2, 0.25) is 5.76 Å². The van der Waals surface area contributed by atoms with E-state index in [1.165, 1.54) is 17.0 Å². The molecule has 0 bridgehead atoms. The monoisotopic (exact) mass is 295 g/mol. The Bertz CT molecular complexity index is 558. The van der Waals surface area contributed by atoms with E-state index in [9.17, 15) is 19.1 Å². The summed E-state index contributed by atoms with van der Waals surface area (Å²) in [6.07, 6.45) is 0.664. The number of amides is 1. The first kappa shape index (κ1) is 16.7. The van der Waals surface area contributed by atoms with Crippen molar-refractivity contribution < 1.29 is 24.2 Å². The van der Waals surface area contributed by atoms with Gasteiger partial charge in [-0.3, -0.25) is 4.79 Å². The van der Waals surface area contributed by atoms with E-state index in [0.717, 1.165) is 0 Å². The summed E-state index contributed by atoms with van der Waals surface area (Å²) >= 11 is 0. The number of aliphatic hydroxyl groups is 1. The minimum absolute atomic E-state index is 0.173. The zero-order valence-electron chi connectivity index (χ0n) is 12.1. The Hall–Kier alpha value is -2.37. The lowest BCUT2D eigenvalue weighted by molar-refractivity contribution is -0.137. The van der Waals surface area contributed by atoms with Crippen molar-refractivity contribution in [3.63, 3.8) is 0 Å². The fourth-order valence-corrected chi connectivity index (χ4v) is 1.67. The lowest BCUT2D eigenvalue weighted by Crippen LogP contribution is -2.44. The molecule has 0 saturated heterocycles. The molecule has 1 amide bonds. The Labute approximate surface area is 122 Å². The van der Waals surface area contributed by atoms with Crippen LogP contribution < -0.4 is 0 Å². The standard InChI is InChI=1S/C15H18FNO4/c1-15(2,3)17(13(19)8-12(18)14(20)21)9-10-4-6-11(16)7-5-10/h4-8,18H,9H2,1-3H3,(H,20,21)/b12-8-. The van der Waals surface area contributed by atoms with E-state index in [0.29, 0.717) is 11.6 Å². The van der Waals surface area contributed by atoms with E-state index in [2.05, 4.69) is 0 Å². The lowest BCUT2D eigenvalue weighted by atomic mass is 10.0. The number of hydrogen-bond donors (Lipinski definition) is 2. The van der Waals surface area contributed by atoms with E-state index in [4.69, 9.17) is 5.11 Å². The van der Waals surface area contributed by atoms with Crippen LogP contribution in [0, 0.1) is 5.82 Å². The van der Waals surface area contributed by atoms with Gasteiger partial charge in [-0.25, -0.2) is 9.18 Å². The first-order chi connectivity index (χ1) is 9.61. The Kier molecular flexibility index (Phi) is 5.07. The number of benzene rings is 1. The molecule has 6 heteroatoms. The molecule has 0 unspecified atom stereocenters. The van der Waals surface area contributed by atoms with Gasteiger partial charge in [-0.2, -0.15) is 0 Å². The predicted octanol–water partition coefficient (Wildman–Crippen LogP) is 2.48. The van der Waals surface area contributed by atoms with Crippen molar-refractivity contribution in [3.8, 4) is 0 Å². The number of nitrogens with zero attached hydrogens (tertiary/aromatic N) is 1. The van der Waals surface area contributed by atoms with Crippen molar-refractivity contribution in [2.45, 2.75) is 32.9 Å². The van der Waals surface area contributed by atoms with Crippen LogP contribution in [0.2, 0.25) is 0 Å². The zero-order valence-corrected chi connectivity index (χ0v) is 12.1. The molecule has 0 atom stereocenters. The number of carbonyl (C=O) groups is 2. The summed E-state index contributed by atoms with van der Waals surface area (Å²) in [7, 11) is 0. The van der Waals surface area contributed by atoms with E-state index < -0.39 is 23.2 Å². The number of rotatable bonds is 4. The molecule has 21 heavy (non-hydrogen) atoms. The van der Waals surface area contributed by atoms with Gasteiger partial charge >= 0.3 is 5.97 Å². The largest absolute Gasteiger partial charge is 0.502 e. The summed E-state index contributed by atoms with van der Waals surface area (Å²) in [4.78, 5) is 24.1. The quantitative estimate of drug-likeness (QED) is 0.661. The molecule has 0 aromatic heterocycles. The number of carboxylic acid groups (broad SMARTS) is 1. The van der Waals surface area contributed by atoms with Gasteiger partial charge in [-0.05, 0) is 38.5 Å². The van der Waals surface area contributed by atoms with Crippen LogP contribution in [0.4, 0.5) is 4.39 Å². The molecule has 0 radical (unpaired) electrons. The summed E-state index contributed by atoms with van der Waals surface area (Å²) in [6, 6.07) is 5.65. The maximum Gasteiger partial charge on any atom is 0.371 e. The molecule has 114 valence electrons. The molecule has 0 heterocycles. The Morgan fingerprint density at radius 2 is 1.71 bits per heavy atom. The van der Waals surface area contributed by atoms with Crippen LogP contribution in [-0.4, -0.2) is 32.5 Å². The van der Waals surface area contributed by atoms with E-state index >= 15 is 0 Å². The molecular weight excluding hydrogens is 277 g/mol. The van der Waals surface area contributed by atoms with Crippen molar-refractivity contribution >= 4 is 11.9 Å². The summed E-state index contributed by atoms with van der Waals surface area (Å²) in [6.45, 7) is 5.51. The number of carbonyl (C=O) groups excluding carboxylic acids is 1. The lowest BCUT2D eigenvalue weighted by Gasteiger charge is -2.35. The van der Waals surface area contributed by atoms with Crippen molar-refractivity contribution in [3.05, 3.63) is 47.5 Å². The molecule has 1 aromatic carbocycles. The Balaban J connectivity index is 3.02. The van der Waals surface area contributed by atoms with Gasteiger partial charge in [-0.1, -0.05) is 12.1 Å². The van der Waals surface area contributed by atoms with E-state index in [1.807, 2.05) is 0 Å². The molecule has 0 saturated carbocycles. The second-order valence-electron chi connectivity index (χ2n) is 5.56. The highest BCUT2D eigenvalue weighted by Crippen LogP contribution is 2.18. The predicted molar refractivity (Wildman–Crippen MR) is 75.1 cm³/mol. The third-order valence-electron chi connectivity index (χ3n) is 2.81. The maximum absolute atomic E-state index is 12.9. The number of hydrogen-bond acceptors (Lipinski definition) is 3. The van der Waals surface area contributed by atoms with Gasteiger partial charge in [-0.15, -0.1) is 0 Å². The molecule has 1 aromatic rings. The topological polar surface area (TPSA) is 77.8 Å². The molecule has 0 aliphatic carbocycles. The average molecular weight is 295 g/mol. The highest BCUT2D eigenvalue weighted by molar-refractivity contribution is 5.96. The van der Waals surface area contributed by atoms with Crippen LogP contribution in [0.15, 0.2) is 36.1 Å². The molecule has 0 aliphatic heterocycles. The van der Waals surface area contributed by atoms with E-state index in [-0.39, 0.29) is 12.4 Å². The van der Waals surface area contributed by atoms with Crippen LogP contribution in [0.1, 0.15) is 26.3 Å². The second-order valence-corrected chi connectivity index (χ2v) is 5.56. The second kappa shape index (κ2) is 6.39. The fraction of sp³-hybridized carbons (Fsp3) is 0.333. The van der Waals surface area contributed by atoms with Crippen LogP contribution in [0.25, 0.3) is 0 Å². The van der Waals surface area contributed by atoms with Gasteiger partial charge < -0.3 is 15.1 Å². The van der Waals surface area contributed by atoms with Gasteiger partial charge in [0.1, 0.15) is 5.82 Å².